The van der Waals surface area contributed by atoms with Crippen molar-refractivity contribution in [2.75, 3.05) is 11.5 Å². The van der Waals surface area contributed by atoms with Gasteiger partial charge in [0.15, 0.2) is 22.8 Å². The number of primary amides is 1. The minimum absolute atomic E-state index is 0.213. The molecule has 1 aromatic carbocycles. The van der Waals surface area contributed by atoms with E-state index in [9.17, 15) is 15.0 Å². The second kappa shape index (κ2) is 8.26. The summed E-state index contributed by atoms with van der Waals surface area (Å²) >= 11 is 1.52. The average Bonchev–Trinajstić information content (AvgIpc) is 3.45. The number of aliphatic hydroxyl groups excluding tert-OH is 2. The lowest BCUT2D eigenvalue weighted by molar-refractivity contribution is -0.0396. The van der Waals surface area contributed by atoms with Gasteiger partial charge in [0.25, 0.3) is 0 Å². The van der Waals surface area contributed by atoms with Gasteiger partial charge in [0.05, 0.1) is 23.9 Å². The fraction of sp³-hybridized carbons (Fsp3) is 0.350. The minimum Gasteiger partial charge on any atom is -0.387 e. The summed E-state index contributed by atoms with van der Waals surface area (Å²) in [5.41, 5.74) is 13.8. The molecule has 0 bridgehead atoms. The lowest BCUT2D eigenvalue weighted by Crippen LogP contribution is -2.33. The normalized spacial score (nSPS) is 23.0. The molecule has 4 atom stereocenters. The van der Waals surface area contributed by atoms with Crippen molar-refractivity contribution in [3.63, 3.8) is 0 Å². The van der Waals surface area contributed by atoms with E-state index in [-0.39, 0.29) is 12.4 Å². The number of carbonyl (C=O) groups excluding carboxylic acids is 1. The molecule has 6 N–H and O–H groups in total. The molecule has 0 radical (unpaired) electrons. The molecule has 12 nitrogen and oxygen atoms in total. The summed E-state index contributed by atoms with van der Waals surface area (Å²) in [5, 5.41) is 22.3. The smallest absolute Gasteiger partial charge is 0.248 e. The third-order valence-corrected chi connectivity index (χ3v) is 6.49. The lowest BCUT2D eigenvalue weighted by atomic mass is 10.1. The van der Waals surface area contributed by atoms with Crippen molar-refractivity contribution in [2.45, 2.75) is 43.2 Å². The third-order valence-electron chi connectivity index (χ3n) is 5.63. The largest absolute Gasteiger partial charge is 0.387 e. The number of thioether (sulfide) groups is 1. The van der Waals surface area contributed by atoms with E-state index in [4.69, 9.17) is 16.2 Å². The number of carbonyl (C=O) groups is 1. The first-order valence-corrected chi connectivity index (χ1v) is 11.2. The van der Waals surface area contributed by atoms with E-state index in [1.165, 1.54) is 29.0 Å². The SMILES string of the molecule is CCSc1nc2cc(C(N)=O)ccc2n1CC1OC(n2cnc3c(N)ncnc32)[C@H](O)[C@@H]1O. The topological polar surface area (TPSA) is 180 Å². The van der Waals surface area contributed by atoms with Crippen LogP contribution in [0.2, 0.25) is 0 Å². The van der Waals surface area contributed by atoms with E-state index in [2.05, 4.69) is 19.9 Å². The molecule has 0 saturated carbocycles. The number of aliphatic hydroxyl groups is 2. The molecule has 5 rings (SSSR count). The molecule has 2 unspecified atom stereocenters. The summed E-state index contributed by atoms with van der Waals surface area (Å²) in [6.45, 7) is 2.23. The number of anilines is 1. The molecular formula is C20H22N8O4S. The summed E-state index contributed by atoms with van der Waals surface area (Å²) in [6.07, 6.45) is -1.30. The fourth-order valence-corrected chi connectivity index (χ4v) is 4.77. The molecule has 3 aromatic heterocycles. The number of ether oxygens (including phenoxy) is 1. The van der Waals surface area contributed by atoms with Crippen LogP contribution >= 0.6 is 11.8 Å². The van der Waals surface area contributed by atoms with Gasteiger partial charge in [0.2, 0.25) is 5.91 Å². The zero-order valence-corrected chi connectivity index (χ0v) is 18.4. The molecule has 1 amide bonds. The second-order valence-corrected chi connectivity index (χ2v) is 8.87. The van der Waals surface area contributed by atoms with Crippen molar-refractivity contribution in [1.82, 2.24) is 29.1 Å². The lowest BCUT2D eigenvalue weighted by Gasteiger charge is -2.17. The Morgan fingerprint density at radius 3 is 2.82 bits per heavy atom. The number of amides is 1. The van der Waals surface area contributed by atoms with Crippen LogP contribution in [0.15, 0.2) is 36.0 Å². The summed E-state index contributed by atoms with van der Waals surface area (Å²) in [4.78, 5) is 28.5. The Morgan fingerprint density at radius 1 is 1.24 bits per heavy atom. The summed E-state index contributed by atoms with van der Waals surface area (Å²) in [6, 6.07) is 5.04. The van der Waals surface area contributed by atoms with E-state index >= 15 is 0 Å². The second-order valence-electron chi connectivity index (χ2n) is 7.63. The van der Waals surface area contributed by atoms with Crippen molar-refractivity contribution in [3.8, 4) is 0 Å². The Bertz CT molecular complexity index is 1350. The fourth-order valence-electron chi connectivity index (χ4n) is 4.02. The van der Waals surface area contributed by atoms with Crippen LogP contribution in [0.3, 0.4) is 0 Å². The number of fused-ring (bicyclic) bond motifs is 2. The van der Waals surface area contributed by atoms with Crippen molar-refractivity contribution in [1.29, 1.82) is 0 Å². The first-order chi connectivity index (χ1) is 15.9. The van der Waals surface area contributed by atoms with Gasteiger partial charge in [-0.05, 0) is 24.0 Å². The van der Waals surface area contributed by atoms with Crippen LogP contribution in [0.5, 0.6) is 0 Å². The molecule has 1 aliphatic heterocycles. The Labute approximate surface area is 191 Å². The number of rotatable bonds is 6. The number of benzene rings is 1. The van der Waals surface area contributed by atoms with Gasteiger partial charge in [-0.3, -0.25) is 9.36 Å². The van der Waals surface area contributed by atoms with E-state index in [1.807, 2.05) is 11.5 Å². The molecule has 4 heterocycles. The number of nitrogens with zero attached hydrogens (tertiary/aromatic N) is 6. The van der Waals surface area contributed by atoms with Crippen LogP contribution in [0.1, 0.15) is 23.5 Å². The highest BCUT2D eigenvalue weighted by Crippen LogP contribution is 2.34. The van der Waals surface area contributed by atoms with Gasteiger partial charge in [-0.2, -0.15) is 0 Å². The van der Waals surface area contributed by atoms with Gasteiger partial charge in [0, 0.05) is 5.56 Å². The summed E-state index contributed by atoms with van der Waals surface area (Å²) in [5.74, 6) is 0.450. The maximum Gasteiger partial charge on any atom is 0.248 e. The van der Waals surface area contributed by atoms with E-state index in [0.717, 1.165) is 11.3 Å². The predicted octanol–water partition coefficient (Wildman–Crippen LogP) is 0.288. The van der Waals surface area contributed by atoms with Crippen molar-refractivity contribution in [2.24, 2.45) is 5.73 Å². The number of hydrogen-bond donors (Lipinski definition) is 4. The monoisotopic (exact) mass is 470 g/mol. The molecule has 4 aromatic rings. The third kappa shape index (κ3) is 3.58. The Kier molecular flexibility index (Phi) is 5.40. The standard InChI is InChI=1S/C20H22N8O4S/c1-2-33-20-26-10-5-9(17(22)31)3-4-11(10)27(20)6-12-14(29)15(30)19(32-12)28-8-25-13-16(21)23-7-24-18(13)28/h3-5,7-8,12,14-15,19,29-30H,2,6H2,1H3,(H2,22,31)(H2,21,23,24)/t12?,14-,15-,19?/m1/s1. The van der Waals surface area contributed by atoms with Gasteiger partial charge < -0.3 is 31.0 Å². The Balaban J connectivity index is 1.48. The number of imidazole rings is 2. The average molecular weight is 471 g/mol. The van der Waals surface area contributed by atoms with Gasteiger partial charge in [-0.25, -0.2) is 19.9 Å². The summed E-state index contributed by atoms with van der Waals surface area (Å²) < 4.78 is 9.53. The molecule has 172 valence electrons. The molecule has 1 aliphatic rings. The highest BCUT2D eigenvalue weighted by atomic mass is 32.2. The summed E-state index contributed by atoms with van der Waals surface area (Å²) in [7, 11) is 0. The minimum atomic E-state index is -1.22. The van der Waals surface area contributed by atoms with Gasteiger partial charge in [0.1, 0.15) is 30.2 Å². The van der Waals surface area contributed by atoms with Crippen LogP contribution in [0.4, 0.5) is 5.82 Å². The number of aromatic nitrogens is 6. The highest BCUT2D eigenvalue weighted by Gasteiger charge is 2.44. The van der Waals surface area contributed by atoms with Crippen LogP contribution < -0.4 is 11.5 Å². The van der Waals surface area contributed by atoms with Gasteiger partial charge in [-0.15, -0.1) is 0 Å². The molecule has 0 aliphatic carbocycles. The number of nitrogens with two attached hydrogens (primary N) is 2. The zero-order chi connectivity index (χ0) is 23.3. The van der Waals surface area contributed by atoms with E-state index in [0.29, 0.717) is 27.4 Å². The Hall–Kier alpha value is -3.26. The van der Waals surface area contributed by atoms with E-state index < -0.39 is 30.4 Å². The van der Waals surface area contributed by atoms with Crippen LogP contribution in [-0.2, 0) is 11.3 Å². The van der Waals surface area contributed by atoms with Crippen LogP contribution in [0.25, 0.3) is 22.2 Å². The maximum absolute atomic E-state index is 11.6. The molecule has 0 spiro atoms. The quantitative estimate of drug-likeness (QED) is 0.286. The van der Waals surface area contributed by atoms with Gasteiger partial charge in [-0.1, -0.05) is 18.7 Å². The maximum atomic E-state index is 11.6. The number of hydrogen-bond acceptors (Lipinski definition) is 10. The Morgan fingerprint density at radius 2 is 2.06 bits per heavy atom. The molecule has 1 fully saturated rings. The molecule has 13 heteroatoms. The van der Waals surface area contributed by atoms with Crippen LogP contribution in [-0.4, -0.2) is 69.3 Å². The first kappa shape index (κ1) is 21.6. The molecule has 1 saturated heterocycles. The predicted molar refractivity (Wildman–Crippen MR) is 120 cm³/mol. The molecule has 33 heavy (non-hydrogen) atoms. The van der Waals surface area contributed by atoms with Crippen molar-refractivity contribution in [3.05, 3.63) is 36.4 Å². The van der Waals surface area contributed by atoms with Crippen molar-refractivity contribution < 1.29 is 19.7 Å². The highest BCUT2D eigenvalue weighted by molar-refractivity contribution is 7.99. The van der Waals surface area contributed by atoms with Crippen molar-refractivity contribution >= 4 is 45.7 Å². The van der Waals surface area contributed by atoms with E-state index in [1.54, 1.807) is 18.2 Å². The zero-order valence-electron chi connectivity index (χ0n) is 17.6. The first-order valence-electron chi connectivity index (χ1n) is 10.3. The number of nitrogen functional groups attached to an aromatic ring is 1. The van der Waals surface area contributed by atoms with Gasteiger partial charge >= 0.3 is 0 Å². The molecular weight excluding hydrogens is 448 g/mol. The van der Waals surface area contributed by atoms with Crippen LogP contribution in [0, 0.1) is 0 Å².